The van der Waals surface area contributed by atoms with Crippen LogP contribution in [0.1, 0.15) is 69.2 Å². The van der Waals surface area contributed by atoms with Crippen molar-refractivity contribution >= 4 is 36.8 Å². The van der Waals surface area contributed by atoms with Gasteiger partial charge in [0.1, 0.15) is 11.2 Å². The van der Waals surface area contributed by atoms with E-state index in [0.717, 1.165) is 5.57 Å². The molecule has 0 spiro atoms. The van der Waals surface area contributed by atoms with Crippen molar-refractivity contribution in [2.45, 2.75) is 85.5 Å². The van der Waals surface area contributed by atoms with Crippen LogP contribution in [0.4, 0.5) is 9.59 Å². The van der Waals surface area contributed by atoms with E-state index in [4.69, 9.17) is 13.9 Å². The minimum atomic E-state index is -2.69. The number of alkyl carbamates (subject to hydrolysis) is 2. The van der Waals surface area contributed by atoms with Crippen molar-refractivity contribution < 1.29 is 23.5 Å². The van der Waals surface area contributed by atoms with Gasteiger partial charge in [0.25, 0.3) is 8.32 Å². The van der Waals surface area contributed by atoms with Gasteiger partial charge < -0.3 is 13.9 Å². The molecule has 0 bridgehead atoms. The number of rotatable bonds is 7. The third-order valence-corrected chi connectivity index (χ3v) is 10.8. The van der Waals surface area contributed by atoms with Gasteiger partial charge in [-0.25, -0.2) is 14.6 Å². The first-order valence-corrected chi connectivity index (χ1v) is 15.8. The minimum absolute atomic E-state index is 0.0644. The second-order valence-corrected chi connectivity index (χ2v) is 17.3. The number of nitrogens with one attached hydrogen (secondary N) is 2. The molecule has 0 aromatic heterocycles. The maximum Gasteiger partial charge on any atom is 0.414 e. The largest absolute Gasteiger partial charge is 0.444 e. The summed E-state index contributed by atoms with van der Waals surface area (Å²) in [6, 6.07) is 20.9. The molecule has 0 saturated heterocycles. The van der Waals surface area contributed by atoms with Crippen molar-refractivity contribution in [2.24, 2.45) is 4.99 Å². The van der Waals surface area contributed by atoms with Gasteiger partial charge >= 0.3 is 12.2 Å². The molecule has 0 unspecified atom stereocenters. The molecule has 0 heterocycles. The van der Waals surface area contributed by atoms with E-state index in [1.54, 1.807) is 41.5 Å². The molecule has 9 heteroatoms. The lowest BCUT2D eigenvalue weighted by molar-refractivity contribution is 0.0545. The van der Waals surface area contributed by atoms with Crippen LogP contribution < -0.4 is 21.0 Å². The number of carbonyl (C=O) groups excluding carboxylic acids is 2. The number of benzene rings is 2. The Hall–Kier alpha value is -3.43. The fourth-order valence-corrected chi connectivity index (χ4v) is 8.85. The molecule has 2 rings (SSSR count). The van der Waals surface area contributed by atoms with E-state index in [9.17, 15) is 9.59 Å². The highest BCUT2D eigenvalue weighted by molar-refractivity contribution is 6.99. The van der Waals surface area contributed by atoms with E-state index in [0.29, 0.717) is 6.61 Å². The van der Waals surface area contributed by atoms with Gasteiger partial charge in [-0.3, -0.25) is 10.6 Å². The first-order valence-electron chi connectivity index (χ1n) is 13.9. The van der Waals surface area contributed by atoms with Gasteiger partial charge in [0.15, 0.2) is 0 Å². The average molecular weight is 582 g/mol. The quantitative estimate of drug-likeness (QED) is 0.183. The van der Waals surface area contributed by atoms with Gasteiger partial charge in [-0.15, -0.1) is 0 Å². The summed E-state index contributed by atoms with van der Waals surface area (Å²) in [5.41, 5.74) is -0.457. The second-order valence-electron chi connectivity index (χ2n) is 12.9. The smallest absolute Gasteiger partial charge is 0.414 e. The fraction of sp³-hybridized carbons (Fsp3) is 0.469. The highest BCUT2D eigenvalue weighted by Crippen LogP contribution is 2.37. The zero-order valence-electron chi connectivity index (χ0n) is 26.3. The molecule has 2 aromatic carbocycles. The summed E-state index contributed by atoms with van der Waals surface area (Å²) in [4.78, 5) is 29.1. The van der Waals surface area contributed by atoms with E-state index in [2.05, 4.69) is 84.9 Å². The number of amides is 2. The van der Waals surface area contributed by atoms with Crippen LogP contribution in [-0.2, 0) is 13.9 Å². The standard InChI is InChI=1S/C32H47N3O5Si/c1-24(21-22-33-27(34-28(36)39-30(2,3)4)35-29(37)40-31(5,6)7)23-38-41(32(8,9)10,25-17-13-11-14-18-25)26-19-15-12-16-20-26/h11-21H,22-23H2,1-10H3,(H2,33,34,35,36,37)/b24-21+. The third-order valence-electron chi connectivity index (χ3n) is 5.86. The number of hydrogen-bond donors (Lipinski definition) is 2. The number of ether oxygens (including phenoxy) is 2. The lowest BCUT2D eigenvalue weighted by Gasteiger charge is -2.43. The Bertz CT molecular complexity index is 1140. The SMILES string of the molecule is C/C(=C\CN=C(NC(=O)OC(C)(C)C)NC(=O)OC(C)(C)C)CO[Si](c1ccccc1)(c1ccccc1)C(C)(C)C. The maximum atomic E-state index is 12.4. The summed E-state index contributed by atoms with van der Waals surface area (Å²) >= 11 is 0. The predicted molar refractivity (Wildman–Crippen MR) is 168 cm³/mol. The van der Waals surface area contributed by atoms with Crippen LogP contribution in [0, 0.1) is 0 Å². The summed E-state index contributed by atoms with van der Waals surface area (Å²) in [6.45, 7) is 19.8. The van der Waals surface area contributed by atoms with Gasteiger partial charge in [-0.1, -0.05) is 93.1 Å². The number of carbonyl (C=O) groups is 2. The molecule has 2 amide bonds. The van der Waals surface area contributed by atoms with Crippen LogP contribution in [0.2, 0.25) is 5.04 Å². The molecule has 2 aromatic rings. The van der Waals surface area contributed by atoms with Crippen molar-refractivity contribution in [3.8, 4) is 0 Å². The highest BCUT2D eigenvalue weighted by atomic mass is 28.4. The Balaban J connectivity index is 2.29. The third kappa shape index (κ3) is 10.8. The summed E-state index contributed by atoms with van der Waals surface area (Å²) in [5, 5.41) is 7.28. The Morgan fingerprint density at radius 1 is 0.756 bits per heavy atom. The Morgan fingerprint density at radius 3 is 1.54 bits per heavy atom. The predicted octanol–water partition coefficient (Wildman–Crippen LogP) is 5.91. The van der Waals surface area contributed by atoms with E-state index in [1.165, 1.54) is 10.4 Å². The van der Waals surface area contributed by atoms with Gasteiger partial charge in [-0.2, -0.15) is 0 Å². The van der Waals surface area contributed by atoms with Crippen molar-refractivity contribution in [1.82, 2.24) is 10.6 Å². The molecule has 0 aliphatic heterocycles. The van der Waals surface area contributed by atoms with E-state index < -0.39 is 31.7 Å². The highest BCUT2D eigenvalue weighted by Gasteiger charge is 2.50. The van der Waals surface area contributed by atoms with Crippen molar-refractivity contribution in [1.29, 1.82) is 0 Å². The molecule has 8 nitrogen and oxygen atoms in total. The van der Waals surface area contributed by atoms with Gasteiger partial charge in [0.2, 0.25) is 5.96 Å². The molecule has 0 radical (unpaired) electrons. The van der Waals surface area contributed by atoms with Crippen LogP contribution >= 0.6 is 0 Å². The van der Waals surface area contributed by atoms with Gasteiger partial charge in [0.05, 0.1) is 13.2 Å². The lowest BCUT2D eigenvalue weighted by Crippen LogP contribution is -2.66. The zero-order chi connectivity index (χ0) is 30.9. The number of hydrogen-bond acceptors (Lipinski definition) is 6. The van der Waals surface area contributed by atoms with Crippen LogP contribution in [-0.4, -0.2) is 50.8 Å². The first-order chi connectivity index (χ1) is 18.9. The summed E-state index contributed by atoms with van der Waals surface area (Å²) in [7, 11) is -2.69. The van der Waals surface area contributed by atoms with Crippen LogP contribution in [0.15, 0.2) is 77.3 Å². The summed E-state index contributed by atoms with van der Waals surface area (Å²) in [6.07, 6.45) is 0.441. The van der Waals surface area contributed by atoms with E-state index in [1.807, 2.05) is 25.1 Å². The molecule has 2 N–H and O–H groups in total. The second kappa shape index (κ2) is 14.0. The number of aliphatic imine (C=N–C) groups is 1. The normalized spacial score (nSPS) is 12.8. The monoisotopic (exact) mass is 581 g/mol. The zero-order valence-corrected chi connectivity index (χ0v) is 27.3. The topological polar surface area (TPSA) is 98.2 Å². The average Bonchev–Trinajstić information content (AvgIpc) is 2.82. The molecule has 0 fully saturated rings. The Morgan fingerprint density at radius 2 is 1.17 bits per heavy atom. The van der Waals surface area contributed by atoms with E-state index in [-0.39, 0.29) is 17.5 Å². The van der Waals surface area contributed by atoms with E-state index >= 15 is 0 Å². The van der Waals surface area contributed by atoms with Crippen molar-refractivity contribution in [3.63, 3.8) is 0 Å². The van der Waals surface area contributed by atoms with Gasteiger partial charge in [-0.05, 0) is 63.9 Å². The lowest BCUT2D eigenvalue weighted by atomic mass is 10.2. The maximum absolute atomic E-state index is 12.4. The molecular weight excluding hydrogens is 534 g/mol. The van der Waals surface area contributed by atoms with Crippen LogP contribution in [0.3, 0.4) is 0 Å². The molecule has 224 valence electrons. The molecular formula is C32H47N3O5Si. The number of nitrogens with zero attached hydrogens (tertiary/aromatic N) is 1. The molecule has 0 aliphatic rings. The summed E-state index contributed by atoms with van der Waals surface area (Å²) in [5.74, 6) is -0.0644. The molecule has 0 aliphatic carbocycles. The Labute approximate surface area is 246 Å². The first kappa shape index (κ1) is 33.8. The fourth-order valence-electron chi connectivity index (χ4n) is 4.25. The van der Waals surface area contributed by atoms with Gasteiger partial charge in [0, 0.05) is 0 Å². The Kier molecular flexibility index (Phi) is 11.5. The summed E-state index contributed by atoms with van der Waals surface area (Å²) < 4.78 is 17.6. The molecule has 0 atom stereocenters. The minimum Gasteiger partial charge on any atom is -0.444 e. The van der Waals surface area contributed by atoms with Crippen LogP contribution in [0.5, 0.6) is 0 Å². The van der Waals surface area contributed by atoms with Crippen molar-refractivity contribution in [2.75, 3.05) is 13.2 Å². The molecule has 0 saturated carbocycles. The number of guanidine groups is 1. The van der Waals surface area contributed by atoms with Crippen molar-refractivity contribution in [3.05, 3.63) is 72.3 Å². The van der Waals surface area contributed by atoms with Crippen LogP contribution in [0.25, 0.3) is 0 Å². The molecule has 41 heavy (non-hydrogen) atoms.